The first kappa shape index (κ1) is 17.5. The highest BCUT2D eigenvalue weighted by Gasteiger charge is 2.41. The molecule has 4 heteroatoms. The first-order valence-electron chi connectivity index (χ1n) is 8.90. The highest BCUT2D eigenvalue weighted by Crippen LogP contribution is 2.45. The number of ketones is 1. The van der Waals surface area contributed by atoms with E-state index in [1.807, 2.05) is 6.08 Å². The lowest BCUT2D eigenvalue weighted by Gasteiger charge is -2.32. The number of hydrogen-bond acceptors (Lipinski definition) is 4. The number of allylic oxidation sites excluding steroid dienone is 4. The van der Waals surface area contributed by atoms with Gasteiger partial charge >= 0.3 is 0 Å². The van der Waals surface area contributed by atoms with Gasteiger partial charge in [0, 0.05) is 42.6 Å². The largest absolute Gasteiger partial charge is 0.411 e. The van der Waals surface area contributed by atoms with E-state index in [4.69, 9.17) is 5.21 Å². The molecular weight excluding hydrogens is 312 g/mol. The molecule has 0 aromatic heterocycles. The molecule has 1 heterocycles. The van der Waals surface area contributed by atoms with Crippen molar-refractivity contribution in [3.05, 3.63) is 53.6 Å². The Kier molecular flexibility index (Phi) is 4.80. The van der Waals surface area contributed by atoms with Crippen LogP contribution in [-0.4, -0.2) is 29.8 Å². The molecule has 1 aliphatic heterocycles. The van der Waals surface area contributed by atoms with Crippen LogP contribution in [0.1, 0.15) is 45.1 Å². The zero-order chi connectivity index (χ0) is 18.0. The minimum atomic E-state index is 0.107. The summed E-state index contributed by atoms with van der Waals surface area (Å²) in [6, 6.07) is 9.05. The standard InChI is InChI=1S/C21H26N2O2/c1-21(2)17-9-5-6-10-18(17)23(3)20(21)11-7-4-8-15-14-16(22-25)12-13-19(15)24/h4-6,8-10,14,20,25H,7,11-13H2,1-3H3/b8-4-,22-16?/t20-/m1/s1. The van der Waals surface area contributed by atoms with Crippen LogP contribution in [-0.2, 0) is 10.2 Å². The van der Waals surface area contributed by atoms with Gasteiger partial charge in [0.05, 0.1) is 5.71 Å². The smallest absolute Gasteiger partial charge is 0.163 e. The molecule has 132 valence electrons. The van der Waals surface area contributed by atoms with Crippen LogP contribution >= 0.6 is 0 Å². The van der Waals surface area contributed by atoms with Crippen molar-refractivity contribution in [2.45, 2.75) is 51.0 Å². The molecule has 1 aromatic rings. The Morgan fingerprint density at radius 2 is 2.08 bits per heavy atom. The normalized spacial score (nSPS) is 24.0. The summed E-state index contributed by atoms with van der Waals surface area (Å²) < 4.78 is 0. The maximum absolute atomic E-state index is 11.9. The topological polar surface area (TPSA) is 52.9 Å². The van der Waals surface area contributed by atoms with E-state index in [1.54, 1.807) is 6.08 Å². The Bertz CT molecular complexity index is 759. The summed E-state index contributed by atoms with van der Waals surface area (Å²) in [5, 5.41) is 12.1. The summed E-state index contributed by atoms with van der Waals surface area (Å²) in [6.07, 6.45) is 8.50. The number of fused-ring (bicyclic) bond motifs is 1. The Hall–Kier alpha value is -2.36. The van der Waals surface area contributed by atoms with E-state index >= 15 is 0 Å². The molecule has 0 unspecified atom stereocenters. The second kappa shape index (κ2) is 6.87. The summed E-state index contributed by atoms with van der Waals surface area (Å²) in [6.45, 7) is 4.61. The van der Waals surface area contributed by atoms with E-state index in [-0.39, 0.29) is 11.2 Å². The molecule has 0 bridgehead atoms. The van der Waals surface area contributed by atoms with Gasteiger partial charge in [0.25, 0.3) is 0 Å². The number of Topliss-reactive ketones (excluding diaryl/α,β-unsaturated/α-hetero) is 1. The van der Waals surface area contributed by atoms with Crippen LogP contribution in [0.4, 0.5) is 5.69 Å². The summed E-state index contributed by atoms with van der Waals surface area (Å²) in [5.74, 6) is 0.120. The number of carbonyl (C=O) groups excluding carboxylic acids is 1. The Morgan fingerprint density at radius 3 is 2.80 bits per heavy atom. The molecule has 1 aliphatic carbocycles. The molecule has 1 atom stereocenters. The van der Waals surface area contributed by atoms with E-state index in [2.05, 4.69) is 61.3 Å². The molecule has 2 aliphatic rings. The number of para-hydroxylation sites is 1. The molecule has 0 saturated carbocycles. The van der Waals surface area contributed by atoms with Crippen LogP contribution < -0.4 is 4.90 Å². The van der Waals surface area contributed by atoms with Gasteiger partial charge in [-0.25, -0.2) is 0 Å². The average molecular weight is 338 g/mol. The highest BCUT2D eigenvalue weighted by molar-refractivity contribution is 6.11. The van der Waals surface area contributed by atoms with Crippen molar-refractivity contribution in [3.63, 3.8) is 0 Å². The summed E-state index contributed by atoms with van der Waals surface area (Å²) in [4.78, 5) is 14.3. The van der Waals surface area contributed by atoms with Crippen molar-refractivity contribution < 1.29 is 10.0 Å². The third kappa shape index (κ3) is 3.26. The van der Waals surface area contributed by atoms with Gasteiger partial charge in [-0.3, -0.25) is 4.79 Å². The van der Waals surface area contributed by atoms with Crippen molar-refractivity contribution in [1.82, 2.24) is 0 Å². The summed E-state index contributed by atoms with van der Waals surface area (Å²) >= 11 is 0. The number of oxime groups is 1. The number of hydrogen-bond donors (Lipinski definition) is 1. The van der Waals surface area contributed by atoms with Gasteiger partial charge in [-0.1, -0.05) is 49.4 Å². The van der Waals surface area contributed by atoms with Crippen LogP contribution in [0.25, 0.3) is 0 Å². The maximum Gasteiger partial charge on any atom is 0.163 e. The lowest BCUT2D eigenvalue weighted by Crippen LogP contribution is -2.39. The average Bonchev–Trinajstić information content (AvgIpc) is 2.80. The lowest BCUT2D eigenvalue weighted by atomic mass is 9.79. The fourth-order valence-corrected chi connectivity index (χ4v) is 4.11. The minimum absolute atomic E-state index is 0.107. The van der Waals surface area contributed by atoms with Gasteiger partial charge in [-0.2, -0.15) is 0 Å². The monoisotopic (exact) mass is 338 g/mol. The molecule has 1 N–H and O–H groups in total. The molecule has 4 nitrogen and oxygen atoms in total. The first-order chi connectivity index (χ1) is 11.9. The lowest BCUT2D eigenvalue weighted by molar-refractivity contribution is -0.115. The van der Waals surface area contributed by atoms with Crippen LogP contribution in [0.2, 0.25) is 0 Å². The molecule has 0 fully saturated rings. The SMILES string of the molecule is CN1c2ccccc2C(C)(C)[C@H]1CC/C=C\C1=CC(=NO)CCC1=O. The minimum Gasteiger partial charge on any atom is -0.411 e. The fourth-order valence-electron chi connectivity index (χ4n) is 4.11. The van der Waals surface area contributed by atoms with Crippen LogP contribution in [0.15, 0.2) is 53.2 Å². The van der Waals surface area contributed by atoms with Crippen LogP contribution in [0.3, 0.4) is 0 Å². The second-order valence-corrected chi connectivity index (χ2v) is 7.46. The van der Waals surface area contributed by atoms with Gasteiger partial charge in [-0.15, -0.1) is 0 Å². The molecule has 0 saturated heterocycles. The molecule has 0 amide bonds. The number of benzene rings is 1. The first-order valence-corrected chi connectivity index (χ1v) is 8.90. The highest BCUT2D eigenvalue weighted by atomic mass is 16.4. The van der Waals surface area contributed by atoms with Crippen molar-refractivity contribution in [3.8, 4) is 0 Å². The van der Waals surface area contributed by atoms with E-state index in [0.29, 0.717) is 30.2 Å². The number of anilines is 1. The van der Waals surface area contributed by atoms with Crippen molar-refractivity contribution in [1.29, 1.82) is 0 Å². The van der Waals surface area contributed by atoms with E-state index < -0.39 is 0 Å². The summed E-state index contributed by atoms with van der Waals surface area (Å²) in [5.41, 5.74) is 4.04. The van der Waals surface area contributed by atoms with Gasteiger partial charge in [-0.05, 0) is 30.5 Å². The number of likely N-dealkylation sites (N-methyl/N-ethyl adjacent to an activating group) is 1. The number of carbonyl (C=O) groups is 1. The molecule has 0 radical (unpaired) electrons. The van der Waals surface area contributed by atoms with Gasteiger partial charge in [0.1, 0.15) is 0 Å². The Labute approximate surface area is 149 Å². The van der Waals surface area contributed by atoms with E-state index in [1.165, 1.54) is 11.3 Å². The Morgan fingerprint density at radius 1 is 1.32 bits per heavy atom. The van der Waals surface area contributed by atoms with Gasteiger partial charge < -0.3 is 10.1 Å². The molecule has 25 heavy (non-hydrogen) atoms. The number of rotatable bonds is 4. The predicted octanol–water partition coefficient (Wildman–Crippen LogP) is 4.24. The maximum atomic E-state index is 11.9. The zero-order valence-electron chi connectivity index (χ0n) is 15.2. The zero-order valence-corrected chi connectivity index (χ0v) is 15.2. The third-order valence-electron chi connectivity index (χ3n) is 5.56. The van der Waals surface area contributed by atoms with E-state index in [0.717, 1.165) is 12.8 Å². The van der Waals surface area contributed by atoms with Gasteiger partial charge in [0.15, 0.2) is 5.78 Å². The van der Waals surface area contributed by atoms with Crippen LogP contribution in [0, 0.1) is 0 Å². The molecule has 0 spiro atoms. The van der Waals surface area contributed by atoms with E-state index in [9.17, 15) is 4.79 Å². The number of nitrogens with zero attached hydrogens (tertiary/aromatic N) is 2. The quantitative estimate of drug-likeness (QED) is 0.660. The Balaban J connectivity index is 1.67. The fraction of sp³-hybridized carbons (Fsp3) is 0.429. The molecule has 1 aromatic carbocycles. The predicted molar refractivity (Wildman–Crippen MR) is 102 cm³/mol. The van der Waals surface area contributed by atoms with Crippen molar-refractivity contribution in [2.24, 2.45) is 5.16 Å². The third-order valence-corrected chi connectivity index (χ3v) is 5.56. The molecular formula is C21H26N2O2. The molecule has 3 rings (SSSR count). The van der Waals surface area contributed by atoms with Gasteiger partial charge in [0.2, 0.25) is 0 Å². The summed E-state index contributed by atoms with van der Waals surface area (Å²) in [7, 11) is 2.17. The van der Waals surface area contributed by atoms with Crippen molar-refractivity contribution >= 4 is 17.2 Å². The van der Waals surface area contributed by atoms with Crippen LogP contribution in [0.5, 0.6) is 0 Å². The van der Waals surface area contributed by atoms with Crippen molar-refractivity contribution in [2.75, 3.05) is 11.9 Å². The second-order valence-electron chi connectivity index (χ2n) is 7.46.